The van der Waals surface area contributed by atoms with Gasteiger partial charge in [0.1, 0.15) is 5.75 Å². The topological polar surface area (TPSA) is 62.7 Å². The minimum absolute atomic E-state index is 0.0260. The highest BCUT2D eigenvalue weighted by Gasteiger charge is 2.37. The maximum atomic E-state index is 13.0. The molecule has 0 saturated carbocycles. The van der Waals surface area contributed by atoms with Crippen LogP contribution < -0.4 is 4.74 Å². The lowest BCUT2D eigenvalue weighted by molar-refractivity contribution is -0.136. The third-order valence-electron chi connectivity index (χ3n) is 5.38. The van der Waals surface area contributed by atoms with Crippen molar-refractivity contribution >= 4 is 11.8 Å². The van der Waals surface area contributed by atoms with E-state index in [0.717, 1.165) is 23.4 Å². The molecule has 0 bridgehead atoms. The average molecular weight is 365 g/mol. The fourth-order valence-corrected chi connectivity index (χ4v) is 3.88. The van der Waals surface area contributed by atoms with Gasteiger partial charge in [0.05, 0.1) is 25.3 Å². The lowest BCUT2D eigenvalue weighted by Crippen LogP contribution is -2.40. The van der Waals surface area contributed by atoms with E-state index in [9.17, 15) is 9.59 Å². The number of hydrogen-bond donors (Lipinski definition) is 0. The number of rotatable bonds is 4. The van der Waals surface area contributed by atoms with Crippen molar-refractivity contribution in [3.8, 4) is 5.75 Å². The van der Waals surface area contributed by atoms with Crippen LogP contribution in [0.1, 0.15) is 23.2 Å². The minimum Gasteiger partial charge on any atom is -0.497 e. The average Bonchev–Trinajstić information content (AvgIpc) is 3.07. The summed E-state index contributed by atoms with van der Waals surface area (Å²) in [5, 5.41) is 0. The highest BCUT2D eigenvalue weighted by atomic mass is 16.5. The lowest BCUT2D eigenvalue weighted by atomic mass is 9.97. The van der Waals surface area contributed by atoms with E-state index in [1.165, 1.54) is 5.56 Å². The van der Waals surface area contributed by atoms with Crippen LogP contribution in [-0.2, 0) is 29.1 Å². The number of benzene rings is 1. The zero-order valence-corrected chi connectivity index (χ0v) is 15.4. The van der Waals surface area contributed by atoms with Gasteiger partial charge in [-0.2, -0.15) is 0 Å². The Morgan fingerprint density at radius 1 is 1.26 bits per heavy atom. The minimum atomic E-state index is -0.270. The van der Waals surface area contributed by atoms with Gasteiger partial charge in [-0.25, -0.2) is 0 Å². The molecule has 6 nitrogen and oxygen atoms in total. The van der Waals surface area contributed by atoms with Crippen LogP contribution in [0.3, 0.4) is 0 Å². The summed E-state index contributed by atoms with van der Waals surface area (Å²) in [4.78, 5) is 33.3. The van der Waals surface area contributed by atoms with Crippen molar-refractivity contribution in [1.82, 2.24) is 14.8 Å². The quantitative estimate of drug-likeness (QED) is 0.832. The summed E-state index contributed by atoms with van der Waals surface area (Å²) in [6.07, 6.45) is 2.84. The molecule has 1 saturated heterocycles. The Morgan fingerprint density at radius 2 is 2.15 bits per heavy atom. The third kappa shape index (κ3) is 3.65. The Morgan fingerprint density at radius 3 is 2.93 bits per heavy atom. The monoisotopic (exact) mass is 365 g/mol. The van der Waals surface area contributed by atoms with Gasteiger partial charge in [-0.15, -0.1) is 0 Å². The number of fused-ring (bicyclic) bond motifs is 1. The number of carbonyl (C=O) groups excluding carboxylic acids is 2. The molecule has 4 rings (SSSR count). The van der Waals surface area contributed by atoms with Crippen molar-refractivity contribution in [2.75, 3.05) is 20.2 Å². The number of nitrogens with zero attached hydrogens (tertiary/aromatic N) is 3. The molecule has 1 unspecified atom stereocenters. The van der Waals surface area contributed by atoms with Crippen LogP contribution in [0.4, 0.5) is 0 Å². The van der Waals surface area contributed by atoms with E-state index < -0.39 is 0 Å². The van der Waals surface area contributed by atoms with Crippen molar-refractivity contribution in [2.45, 2.75) is 25.9 Å². The Balaban J connectivity index is 1.42. The predicted octanol–water partition coefficient (Wildman–Crippen LogP) is 2.02. The number of aromatic nitrogens is 1. The van der Waals surface area contributed by atoms with Gasteiger partial charge in [0.2, 0.25) is 11.8 Å². The smallest absolute Gasteiger partial charge is 0.228 e. The maximum Gasteiger partial charge on any atom is 0.228 e. The number of likely N-dealkylation sites (tertiary alicyclic amines) is 1. The number of methoxy groups -OCH3 is 1. The van der Waals surface area contributed by atoms with Gasteiger partial charge in [-0.1, -0.05) is 12.1 Å². The molecule has 1 aromatic heterocycles. The van der Waals surface area contributed by atoms with Crippen LogP contribution in [0.5, 0.6) is 5.75 Å². The summed E-state index contributed by atoms with van der Waals surface area (Å²) in [5.74, 6) is 0.632. The predicted molar refractivity (Wildman–Crippen MR) is 99.9 cm³/mol. The van der Waals surface area contributed by atoms with Crippen LogP contribution in [-0.4, -0.2) is 46.8 Å². The molecule has 2 amide bonds. The number of amides is 2. The first-order chi connectivity index (χ1) is 13.1. The van der Waals surface area contributed by atoms with Gasteiger partial charge in [0, 0.05) is 32.3 Å². The first-order valence-corrected chi connectivity index (χ1v) is 9.26. The summed E-state index contributed by atoms with van der Waals surface area (Å²) in [6.45, 7) is 2.21. The normalized spacial score (nSPS) is 19.1. The molecule has 0 aliphatic carbocycles. The summed E-state index contributed by atoms with van der Waals surface area (Å²) in [5.41, 5.74) is 3.24. The highest BCUT2D eigenvalue weighted by molar-refractivity contribution is 5.89. The summed E-state index contributed by atoms with van der Waals surface area (Å²) in [6, 6.07) is 11.7. The fraction of sp³-hybridized carbons (Fsp3) is 0.381. The van der Waals surface area contributed by atoms with Gasteiger partial charge in [-0.3, -0.25) is 14.6 Å². The van der Waals surface area contributed by atoms with Crippen LogP contribution in [0.2, 0.25) is 0 Å². The molecule has 6 heteroatoms. The SMILES string of the molecule is COc1ccc2c(c1)CN(C(=O)C1CC(=O)N(Cc3ccccn3)C1)CC2. The van der Waals surface area contributed by atoms with Crippen LogP contribution in [0, 0.1) is 5.92 Å². The van der Waals surface area contributed by atoms with Crippen LogP contribution in [0.15, 0.2) is 42.6 Å². The van der Waals surface area contributed by atoms with Gasteiger partial charge in [0.15, 0.2) is 0 Å². The second kappa shape index (κ2) is 7.39. The molecule has 2 aromatic rings. The molecule has 140 valence electrons. The molecule has 1 fully saturated rings. The molecule has 0 radical (unpaired) electrons. The molecule has 0 N–H and O–H groups in total. The standard InChI is InChI=1S/C21H23N3O3/c1-27-19-6-5-15-7-9-23(12-16(15)10-19)21(26)17-11-20(25)24(13-17)14-18-4-2-3-8-22-18/h2-6,8,10,17H,7,9,11-14H2,1H3. The molecule has 1 atom stereocenters. The molecule has 27 heavy (non-hydrogen) atoms. The largest absolute Gasteiger partial charge is 0.497 e. The summed E-state index contributed by atoms with van der Waals surface area (Å²) >= 11 is 0. The van der Waals surface area contributed by atoms with Crippen molar-refractivity contribution < 1.29 is 14.3 Å². The van der Waals surface area contributed by atoms with Crippen molar-refractivity contribution in [2.24, 2.45) is 5.92 Å². The fourth-order valence-electron chi connectivity index (χ4n) is 3.88. The van der Waals surface area contributed by atoms with E-state index >= 15 is 0 Å². The molecule has 3 heterocycles. The number of carbonyl (C=O) groups is 2. The van der Waals surface area contributed by atoms with Gasteiger partial charge < -0.3 is 14.5 Å². The zero-order valence-electron chi connectivity index (χ0n) is 15.4. The number of ether oxygens (including phenoxy) is 1. The third-order valence-corrected chi connectivity index (χ3v) is 5.38. The van der Waals surface area contributed by atoms with Gasteiger partial charge in [-0.05, 0) is 41.8 Å². The van der Waals surface area contributed by atoms with E-state index in [1.807, 2.05) is 35.2 Å². The first kappa shape index (κ1) is 17.5. The molecular formula is C21H23N3O3. The van der Waals surface area contributed by atoms with E-state index in [1.54, 1.807) is 18.2 Å². The zero-order chi connectivity index (χ0) is 18.8. The van der Waals surface area contributed by atoms with Gasteiger partial charge in [0.25, 0.3) is 0 Å². The van der Waals surface area contributed by atoms with E-state index in [0.29, 0.717) is 26.2 Å². The maximum absolute atomic E-state index is 13.0. The molecule has 2 aliphatic heterocycles. The first-order valence-electron chi connectivity index (χ1n) is 9.26. The highest BCUT2D eigenvalue weighted by Crippen LogP contribution is 2.27. The summed E-state index contributed by atoms with van der Waals surface area (Å²) < 4.78 is 5.30. The van der Waals surface area contributed by atoms with Gasteiger partial charge >= 0.3 is 0 Å². The van der Waals surface area contributed by atoms with Crippen LogP contribution >= 0.6 is 0 Å². The van der Waals surface area contributed by atoms with E-state index in [4.69, 9.17) is 4.74 Å². The molecular weight excluding hydrogens is 342 g/mol. The molecule has 1 aromatic carbocycles. The lowest BCUT2D eigenvalue weighted by Gasteiger charge is -2.31. The Hall–Kier alpha value is -2.89. The van der Waals surface area contributed by atoms with Crippen LogP contribution in [0.25, 0.3) is 0 Å². The number of hydrogen-bond acceptors (Lipinski definition) is 4. The molecule has 0 spiro atoms. The molecule has 2 aliphatic rings. The Labute approximate surface area is 158 Å². The van der Waals surface area contributed by atoms with Crippen molar-refractivity contribution in [3.05, 3.63) is 59.4 Å². The Kier molecular flexibility index (Phi) is 4.79. The summed E-state index contributed by atoms with van der Waals surface area (Å²) in [7, 11) is 1.65. The Bertz CT molecular complexity index is 853. The second-order valence-electron chi connectivity index (χ2n) is 7.14. The van der Waals surface area contributed by atoms with Crippen molar-refractivity contribution in [1.29, 1.82) is 0 Å². The second-order valence-corrected chi connectivity index (χ2v) is 7.14. The van der Waals surface area contributed by atoms with Crippen molar-refractivity contribution in [3.63, 3.8) is 0 Å². The van der Waals surface area contributed by atoms with E-state index in [-0.39, 0.29) is 24.2 Å². The number of pyridine rings is 1. The van der Waals surface area contributed by atoms with E-state index in [2.05, 4.69) is 11.1 Å².